The van der Waals surface area contributed by atoms with Crippen LogP contribution in [-0.2, 0) is 19.6 Å². The number of nitrogens with zero attached hydrogens (tertiary/aromatic N) is 1. The third kappa shape index (κ3) is 5.80. The number of rotatable bonds is 9. The molecule has 29 heavy (non-hydrogen) atoms. The van der Waals surface area contributed by atoms with Gasteiger partial charge in [-0.15, -0.1) is 0 Å². The van der Waals surface area contributed by atoms with Crippen LogP contribution in [0.2, 0.25) is 0 Å². The number of anilines is 1. The van der Waals surface area contributed by atoms with E-state index in [0.29, 0.717) is 5.69 Å². The SMILES string of the molecule is CCC(C)NC(=O)COC(=O)c1cccc(S(=O)(=O)N(CC)c2ccccc2)c1. The summed E-state index contributed by atoms with van der Waals surface area (Å²) in [6.07, 6.45) is 0.759. The second-order valence-corrected chi connectivity index (χ2v) is 8.35. The molecular weight excluding hydrogens is 392 g/mol. The lowest BCUT2D eigenvalue weighted by molar-refractivity contribution is -0.124. The third-order valence-electron chi connectivity index (χ3n) is 4.34. The second kappa shape index (κ2) is 10.1. The maximum absolute atomic E-state index is 13.1. The van der Waals surface area contributed by atoms with Crippen LogP contribution < -0.4 is 9.62 Å². The highest BCUT2D eigenvalue weighted by Gasteiger charge is 2.24. The molecule has 156 valence electrons. The van der Waals surface area contributed by atoms with Gasteiger partial charge < -0.3 is 10.1 Å². The van der Waals surface area contributed by atoms with Crippen LogP contribution in [0.4, 0.5) is 5.69 Å². The van der Waals surface area contributed by atoms with Crippen LogP contribution in [0.5, 0.6) is 0 Å². The topological polar surface area (TPSA) is 92.8 Å². The Morgan fingerprint density at radius 3 is 2.38 bits per heavy atom. The molecule has 0 fully saturated rings. The molecule has 0 aromatic heterocycles. The van der Waals surface area contributed by atoms with Gasteiger partial charge in [0.15, 0.2) is 6.61 Å². The summed E-state index contributed by atoms with van der Waals surface area (Å²) in [7, 11) is -3.86. The molecule has 0 bridgehead atoms. The van der Waals surface area contributed by atoms with Crippen LogP contribution in [-0.4, -0.2) is 39.5 Å². The zero-order valence-corrected chi connectivity index (χ0v) is 17.6. The fourth-order valence-corrected chi connectivity index (χ4v) is 4.15. The van der Waals surface area contributed by atoms with Crippen LogP contribution in [0.25, 0.3) is 0 Å². The highest BCUT2D eigenvalue weighted by molar-refractivity contribution is 7.92. The fourth-order valence-electron chi connectivity index (χ4n) is 2.63. The number of hydrogen-bond donors (Lipinski definition) is 1. The van der Waals surface area contributed by atoms with Gasteiger partial charge in [0.1, 0.15) is 0 Å². The summed E-state index contributed by atoms with van der Waals surface area (Å²) in [6.45, 7) is 5.32. The highest BCUT2D eigenvalue weighted by Crippen LogP contribution is 2.24. The molecule has 2 rings (SSSR count). The van der Waals surface area contributed by atoms with Crippen molar-refractivity contribution in [3.05, 3.63) is 60.2 Å². The van der Waals surface area contributed by atoms with Crippen molar-refractivity contribution in [2.45, 2.75) is 38.1 Å². The maximum Gasteiger partial charge on any atom is 0.338 e. The molecule has 0 radical (unpaired) electrons. The Morgan fingerprint density at radius 2 is 1.76 bits per heavy atom. The number of para-hydroxylation sites is 1. The van der Waals surface area contributed by atoms with E-state index in [1.807, 2.05) is 13.8 Å². The van der Waals surface area contributed by atoms with Crippen LogP contribution in [0.1, 0.15) is 37.6 Å². The first-order valence-corrected chi connectivity index (χ1v) is 10.9. The second-order valence-electron chi connectivity index (χ2n) is 6.49. The number of benzene rings is 2. The van der Waals surface area contributed by atoms with Crippen molar-refractivity contribution in [3.8, 4) is 0 Å². The summed E-state index contributed by atoms with van der Waals surface area (Å²) in [4.78, 5) is 24.0. The van der Waals surface area contributed by atoms with Crippen molar-refractivity contribution in [1.82, 2.24) is 5.32 Å². The zero-order chi connectivity index (χ0) is 21.4. The van der Waals surface area contributed by atoms with Gasteiger partial charge in [-0.3, -0.25) is 9.10 Å². The summed E-state index contributed by atoms with van der Waals surface area (Å²) < 4.78 is 32.4. The Hall–Kier alpha value is -2.87. The molecule has 1 atom stereocenters. The van der Waals surface area contributed by atoms with Crippen molar-refractivity contribution in [2.24, 2.45) is 0 Å². The molecule has 0 spiro atoms. The molecule has 0 saturated carbocycles. The van der Waals surface area contributed by atoms with E-state index < -0.39 is 28.5 Å². The fraction of sp³-hybridized carbons (Fsp3) is 0.333. The lowest BCUT2D eigenvalue weighted by atomic mass is 10.2. The minimum atomic E-state index is -3.86. The Bertz CT molecular complexity index is 945. The monoisotopic (exact) mass is 418 g/mol. The van der Waals surface area contributed by atoms with E-state index >= 15 is 0 Å². The first kappa shape index (κ1) is 22.4. The van der Waals surface area contributed by atoms with Gasteiger partial charge in [-0.25, -0.2) is 13.2 Å². The van der Waals surface area contributed by atoms with Crippen LogP contribution in [0, 0.1) is 0 Å². The summed E-state index contributed by atoms with van der Waals surface area (Å²) in [5, 5.41) is 2.69. The molecule has 7 nitrogen and oxygen atoms in total. The van der Waals surface area contributed by atoms with E-state index in [4.69, 9.17) is 4.74 Å². The summed E-state index contributed by atoms with van der Waals surface area (Å²) in [6, 6.07) is 14.3. The number of carbonyl (C=O) groups is 2. The summed E-state index contributed by atoms with van der Waals surface area (Å²) in [5.41, 5.74) is 0.594. The normalized spacial score (nSPS) is 12.1. The van der Waals surface area contributed by atoms with Gasteiger partial charge in [0.25, 0.3) is 15.9 Å². The Kier molecular flexibility index (Phi) is 7.78. The number of hydrogen-bond acceptors (Lipinski definition) is 5. The lowest BCUT2D eigenvalue weighted by Crippen LogP contribution is -2.35. The average molecular weight is 419 g/mol. The molecule has 0 aliphatic rings. The van der Waals surface area contributed by atoms with Gasteiger partial charge in [-0.05, 0) is 50.6 Å². The third-order valence-corrected chi connectivity index (χ3v) is 6.24. The summed E-state index contributed by atoms with van der Waals surface area (Å²) >= 11 is 0. The molecule has 1 N–H and O–H groups in total. The Morgan fingerprint density at radius 1 is 1.07 bits per heavy atom. The van der Waals surface area contributed by atoms with Gasteiger partial charge in [0, 0.05) is 12.6 Å². The van der Waals surface area contributed by atoms with E-state index in [1.165, 1.54) is 28.6 Å². The maximum atomic E-state index is 13.1. The van der Waals surface area contributed by atoms with Crippen molar-refractivity contribution < 1.29 is 22.7 Å². The first-order chi connectivity index (χ1) is 13.8. The zero-order valence-electron chi connectivity index (χ0n) is 16.8. The van der Waals surface area contributed by atoms with E-state index in [9.17, 15) is 18.0 Å². The van der Waals surface area contributed by atoms with E-state index in [0.717, 1.165) is 6.42 Å². The molecular formula is C21H26N2O5S. The Labute approximate surface area is 171 Å². The lowest BCUT2D eigenvalue weighted by Gasteiger charge is -2.23. The molecule has 1 unspecified atom stereocenters. The van der Waals surface area contributed by atoms with Gasteiger partial charge in [-0.2, -0.15) is 0 Å². The summed E-state index contributed by atoms with van der Waals surface area (Å²) in [5.74, 6) is -1.16. The first-order valence-electron chi connectivity index (χ1n) is 9.44. The average Bonchev–Trinajstić information content (AvgIpc) is 2.73. The minimum absolute atomic E-state index is 0.0207. The van der Waals surface area contributed by atoms with Crippen molar-refractivity contribution >= 4 is 27.6 Å². The molecule has 2 aromatic carbocycles. The number of esters is 1. The molecule has 0 aliphatic carbocycles. The number of amides is 1. The predicted molar refractivity (Wildman–Crippen MR) is 111 cm³/mol. The minimum Gasteiger partial charge on any atom is -0.452 e. The Balaban J connectivity index is 2.17. The number of carbonyl (C=O) groups excluding carboxylic acids is 2. The van der Waals surface area contributed by atoms with Crippen LogP contribution in [0.3, 0.4) is 0 Å². The largest absolute Gasteiger partial charge is 0.452 e. The van der Waals surface area contributed by atoms with Gasteiger partial charge in [-0.1, -0.05) is 31.2 Å². The van der Waals surface area contributed by atoms with Crippen molar-refractivity contribution in [2.75, 3.05) is 17.5 Å². The van der Waals surface area contributed by atoms with Crippen molar-refractivity contribution in [3.63, 3.8) is 0 Å². The van der Waals surface area contributed by atoms with Gasteiger partial charge in [0.2, 0.25) is 0 Å². The molecule has 8 heteroatoms. The quantitative estimate of drug-likeness (QED) is 0.632. The smallest absolute Gasteiger partial charge is 0.338 e. The van der Waals surface area contributed by atoms with Gasteiger partial charge >= 0.3 is 5.97 Å². The number of nitrogens with one attached hydrogen (secondary N) is 1. The van der Waals surface area contributed by atoms with E-state index in [1.54, 1.807) is 37.3 Å². The molecule has 0 aliphatic heterocycles. The molecule has 0 saturated heterocycles. The van der Waals surface area contributed by atoms with Crippen molar-refractivity contribution in [1.29, 1.82) is 0 Å². The van der Waals surface area contributed by atoms with Crippen LogP contribution in [0.15, 0.2) is 59.5 Å². The molecule has 1 amide bonds. The van der Waals surface area contributed by atoms with E-state index in [-0.39, 0.29) is 23.0 Å². The number of sulfonamides is 1. The van der Waals surface area contributed by atoms with E-state index in [2.05, 4.69) is 5.32 Å². The van der Waals surface area contributed by atoms with Crippen LogP contribution >= 0.6 is 0 Å². The van der Waals surface area contributed by atoms with Gasteiger partial charge in [0.05, 0.1) is 16.1 Å². The highest BCUT2D eigenvalue weighted by atomic mass is 32.2. The number of ether oxygens (including phenoxy) is 1. The standard InChI is InChI=1S/C21H26N2O5S/c1-4-16(3)22-20(24)15-28-21(25)17-10-9-13-19(14-17)29(26,27)23(5-2)18-11-7-6-8-12-18/h6-14,16H,4-5,15H2,1-3H3,(H,22,24). The predicted octanol–water partition coefficient (Wildman–Crippen LogP) is 2.97. The molecule has 0 heterocycles. The molecule has 2 aromatic rings.